The molecule has 7 aromatic carbocycles. The van der Waals surface area contributed by atoms with E-state index in [1.54, 1.807) is 0 Å². The third-order valence-corrected chi connectivity index (χ3v) is 8.66. The molecule has 0 amide bonds. The average molecular weight is 578 g/mol. The van der Waals surface area contributed by atoms with E-state index in [-0.39, 0.29) is 0 Å². The first-order chi connectivity index (χ1) is 22.3. The van der Waals surface area contributed by atoms with Crippen molar-refractivity contribution < 1.29 is 8.83 Å². The van der Waals surface area contributed by atoms with E-state index in [0.29, 0.717) is 0 Å². The number of benzene rings is 7. The molecule has 0 spiro atoms. The highest BCUT2D eigenvalue weighted by molar-refractivity contribution is 6.28. The molecular weight excluding hydrogens is 550 g/mol. The Balaban J connectivity index is 1.20. The van der Waals surface area contributed by atoms with Gasteiger partial charge in [0.25, 0.3) is 0 Å². The zero-order valence-corrected chi connectivity index (χ0v) is 24.4. The van der Waals surface area contributed by atoms with Crippen LogP contribution in [0.5, 0.6) is 0 Å². The molecule has 0 atom stereocenters. The van der Waals surface area contributed by atoms with Crippen LogP contribution in [0.3, 0.4) is 0 Å². The summed E-state index contributed by atoms with van der Waals surface area (Å²) in [5, 5.41) is 4.39. The lowest BCUT2D eigenvalue weighted by Crippen LogP contribution is -2.09. The summed E-state index contributed by atoms with van der Waals surface area (Å²) in [5.41, 5.74) is 11.4. The van der Waals surface area contributed by atoms with E-state index in [1.165, 1.54) is 11.1 Å². The second-order valence-corrected chi connectivity index (χ2v) is 11.3. The van der Waals surface area contributed by atoms with E-state index in [2.05, 4.69) is 144 Å². The van der Waals surface area contributed by atoms with Crippen LogP contribution in [-0.2, 0) is 0 Å². The molecule has 0 saturated heterocycles. The molecule has 2 aromatic heterocycles. The van der Waals surface area contributed by atoms with Crippen molar-refractivity contribution in [2.75, 3.05) is 4.90 Å². The molecule has 0 saturated carbocycles. The minimum Gasteiger partial charge on any atom is -0.456 e. The molecule has 0 aliphatic heterocycles. The van der Waals surface area contributed by atoms with Gasteiger partial charge in [0.2, 0.25) is 0 Å². The van der Waals surface area contributed by atoms with E-state index in [4.69, 9.17) is 8.83 Å². The number of furan rings is 2. The van der Waals surface area contributed by atoms with Crippen molar-refractivity contribution in [1.29, 1.82) is 0 Å². The van der Waals surface area contributed by atoms with Crippen LogP contribution in [-0.4, -0.2) is 0 Å². The molecule has 0 aliphatic carbocycles. The van der Waals surface area contributed by atoms with Gasteiger partial charge in [0, 0.05) is 38.6 Å². The fourth-order valence-electron chi connectivity index (χ4n) is 6.63. The number of nitrogens with zero attached hydrogens (tertiary/aromatic N) is 1. The van der Waals surface area contributed by atoms with Gasteiger partial charge in [-0.05, 0) is 82.9 Å². The molecule has 45 heavy (non-hydrogen) atoms. The van der Waals surface area contributed by atoms with Crippen LogP contribution < -0.4 is 4.90 Å². The van der Waals surface area contributed by atoms with Crippen LogP contribution in [0.4, 0.5) is 17.1 Å². The van der Waals surface area contributed by atoms with Gasteiger partial charge < -0.3 is 13.7 Å². The minimum absolute atomic E-state index is 0.863. The predicted molar refractivity (Wildman–Crippen MR) is 187 cm³/mol. The normalized spacial score (nSPS) is 11.6. The number of fused-ring (bicyclic) bond motifs is 7. The lowest BCUT2D eigenvalue weighted by molar-refractivity contribution is 0.663. The maximum Gasteiger partial charge on any atom is 0.136 e. The molecule has 0 unspecified atom stereocenters. The fourth-order valence-corrected chi connectivity index (χ4v) is 6.63. The highest BCUT2D eigenvalue weighted by Crippen LogP contribution is 2.44. The molecule has 9 aromatic rings. The first-order valence-electron chi connectivity index (χ1n) is 15.2. The van der Waals surface area contributed by atoms with E-state index >= 15 is 0 Å². The second-order valence-electron chi connectivity index (χ2n) is 11.3. The zero-order chi connectivity index (χ0) is 29.7. The van der Waals surface area contributed by atoms with Crippen LogP contribution in [0.25, 0.3) is 66.1 Å². The summed E-state index contributed by atoms with van der Waals surface area (Å²) >= 11 is 0. The number of anilines is 3. The van der Waals surface area contributed by atoms with Crippen LogP contribution >= 0.6 is 0 Å². The molecule has 0 fully saturated rings. The first-order valence-corrected chi connectivity index (χ1v) is 15.2. The van der Waals surface area contributed by atoms with Crippen LogP contribution in [0.1, 0.15) is 0 Å². The van der Waals surface area contributed by atoms with Crippen LogP contribution in [0.2, 0.25) is 0 Å². The summed E-state index contributed by atoms with van der Waals surface area (Å²) in [5.74, 6) is 0. The summed E-state index contributed by atoms with van der Waals surface area (Å²) in [7, 11) is 0. The Bertz CT molecular complexity index is 2470. The molecule has 0 radical (unpaired) electrons. The van der Waals surface area contributed by atoms with Gasteiger partial charge in [-0.1, -0.05) is 103 Å². The molecule has 0 bridgehead atoms. The Kier molecular flexibility index (Phi) is 5.82. The standard InChI is InChI=1S/C42H27NO2/c1-3-11-28(12-4-1)30-13-9-16-33(27-30)43(31-14-5-2-6-15-31)32-23-21-29(22-24-32)34-18-10-20-37-40(34)42-39(45-37)26-25-38-41(42)35-17-7-8-19-36(35)44-38/h1-27H. The van der Waals surface area contributed by atoms with Gasteiger partial charge in [-0.2, -0.15) is 0 Å². The number of rotatable bonds is 5. The highest BCUT2D eigenvalue weighted by atomic mass is 16.3. The summed E-state index contributed by atoms with van der Waals surface area (Å²) < 4.78 is 12.7. The SMILES string of the molecule is c1ccc(-c2cccc(N(c3ccccc3)c3ccc(-c4cccc5oc6ccc7oc8ccccc8c7c6c45)cc3)c2)cc1. The van der Waals surface area contributed by atoms with E-state index in [0.717, 1.165) is 72.1 Å². The predicted octanol–water partition coefficient (Wildman–Crippen LogP) is 12.3. The van der Waals surface area contributed by atoms with Crippen molar-refractivity contribution in [3.05, 3.63) is 164 Å². The molecule has 3 nitrogen and oxygen atoms in total. The Labute approximate surface area is 260 Å². The third kappa shape index (κ3) is 4.21. The van der Waals surface area contributed by atoms with Crippen molar-refractivity contribution in [3.63, 3.8) is 0 Å². The highest BCUT2D eigenvalue weighted by Gasteiger charge is 2.19. The molecule has 212 valence electrons. The van der Waals surface area contributed by atoms with Crippen molar-refractivity contribution >= 4 is 60.9 Å². The Morgan fingerprint density at radius 3 is 1.73 bits per heavy atom. The Morgan fingerprint density at radius 1 is 0.333 bits per heavy atom. The quantitative estimate of drug-likeness (QED) is 0.204. The van der Waals surface area contributed by atoms with E-state index < -0.39 is 0 Å². The van der Waals surface area contributed by atoms with Crippen LogP contribution in [0, 0.1) is 0 Å². The largest absolute Gasteiger partial charge is 0.456 e. The molecule has 0 aliphatic rings. The minimum atomic E-state index is 0.863. The summed E-state index contributed by atoms with van der Waals surface area (Å²) in [6, 6.07) is 57.2. The summed E-state index contributed by atoms with van der Waals surface area (Å²) in [6.45, 7) is 0. The zero-order valence-electron chi connectivity index (χ0n) is 24.4. The van der Waals surface area contributed by atoms with Gasteiger partial charge in [0.1, 0.15) is 22.3 Å². The van der Waals surface area contributed by atoms with Gasteiger partial charge in [-0.25, -0.2) is 0 Å². The first kappa shape index (κ1) is 25.4. The monoisotopic (exact) mass is 577 g/mol. The molecule has 3 heteroatoms. The van der Waals surface area contributed by atoms with Gasteiger partial charge in [-0.15, -0.1) is 0 Å². The summed E-state index contributed by atoms with van der Waals surface area (Å²) in [4.78, 5) is 2.31. The van der Waals surface area contributed by atoms with E-state index in [9.17, 15) is 0 Å². The second kappa shape index (κ2) is 10.3. The van der Waals surface area contributed by atoms with Crippen molar-refractivity contribution in [2.45, 2.75) is 0 Å². The number of hydrogen-bond acceptors (Lipinski definition) is 3. The topological polar surface area (TPSA) is 29.5 Å². The third-order valence-electron chi connectivity index (χ3n) is 8.66. The maximum absolute atomic E-state index is 6.42. The summed E-state index contributed by atoms with van der Waals surface area (Å²) in [6.07, 6.45) is 0. The smallest absolute Gasteiger partial charge is 0.136 e. The fraction of sp³-hybridized carbons (Fsp3) is 0. The van der Waals surface area contributed by atoms with Gasteiger partial charge >= 0.3 is 0 Å². The molecule has 2 heterocycles. The molecular formula is C42H27NO2. The lowest BCUT2D eigenvalue weighted by atomic mass is 9.97. The van der Waals surface area contributed by atoms with Crippen molar-refractivity contribution in [2.24, 2.45) is 0 Å². The number of hydrogen-bond donors (Lipinski definition) is 0. The average Bonchev–Trinajstić information content (AvgIpc) is 3.68. The van der Waals surface area contributed by atoms with Gasteiger partial charge in [-0.3, -0.25) is 0 Å². The van der Waals surface area contributed by atoms with Crippen molar-refractivity contribution in [3.8, 4) is 22.3 Å². The van der Waals surface area contributed by atoms with Gasteiger partial charge in [0.15, 0.2) is 0 Å². The number of para-hydroxylation sites is 2. The lowest BCUT2D eigenvalue weighted by Gasteiger charge is -2.26. The van der Waals surface area contributed by atoms with E-state index in [1.807, 2.05) is 24.3 Å². The Hall–Kier alpha value is -6.06. The maximum atomic E-state index is 6.42. The van der Waals surface area contributed by atoms with Crippen molar-refractivity contribution in [1.82, 2.24) is 0 Å². The molecule has 9 rings (SSSR count). The molecule has 0 N–H and O–H groups in total. The van der Waals surface area contributed by atoms with Gasteiger partial charge in [0.05, 0.1) is 0 Å². The Morgan fingerprint density at radius 2 is 0.911 bits per heavy atom. The van der Waals surface area contributed by atoms with Crippen LogP contribution in [0.15, 0.2) is 173 Å².